The van der Waals surface area contributed by atoms with Gasteiger partial charge in [-0.1, -0.05) is 25.5 Å². The fourth-order valence-corrected chi connectivity index (χ4v) is 4.30. The predicted molar refractivity (Wildman–Crippen MR) is 96.5 cm³/mol. The number of nitrogens with one attached hydrogen (secondary N) is 1. The van der Waals surface area contributed by atoms with Crippen LogP contribution in [0.1, 0.15) is 43.3 Å². The van der Waals surface area contributed by atoms with Gasteiger partial charge in [-0.05, 0) is 19.8 Å². The summed E-state index contributed by atoms with van der Waals surface area (Å²) in [7, 11) is 0. The van der Waals surface area contributed by atoms with Gasteiger partial charge in [0.1, 0.15) is 0 Å². The number of carbonyl (C=O) groups is 1. The zero-order chi connectivity index (χ0) is 17.2. The van der Waals surface area contributed by atoms with Gasteiger partial charge < -0.3 is 15.0 Å². The third-order valence-electron chi connectivity index (χ3n) is 4.98. The van der Waals surface area contributed by atoms with Crippen LogP contribution in [0.4, 0.5) is 4.79 Å². The second-order valence-corrected chi connectivity index (χ2v) is 8.25. The molecular weight excluding hydrogens is 322 g/mol. The fraction of sp³-hybridized carbons (Fsp3) is 0.667. The Hall–Kier alpha value is -1.40. The van der Waals surface area contributed by atoms with Crippen LogP contribution >= 0.6 is 11.3 Å². The molecule has 0 bridgehead atoms. The van der Waals surface area contributed by atoms with Crippen LogP contribution in [-0.2, 0) is 4.74 Å². The number of thiazole rings is 1. The maximum atomic E-state index is 12.5. The van der Waals surface area contributed by atoms with Gasteiger partial charge in [-0.2, -0.15) is 0 Å². The highest BCUT2D eigenvalue weighted by molar-refractivity contribution is 7.09. The van der Waals surface area contributed by atoms with Gasteiger partial charge in [-0.3, -0.25) is 0 Å². The van der Waals surface area contributed by atoms with Crippen LogP contribution in [0, 0.1) is 12.3 Å². The number of hydrogen-bond acceptors (Lipinski definition) is 4. The summed E-state index contributed by atoms with van der Waals surface area (Å²) in [6, 6.07) is 0.0477. The number of aryl methyl sites for hydroxylation is 1. The Labute approximate surface area is 148 Å². The first-order chi connectivity index (χ1) is 11.5. The molecule has 1 aromatic heterocycles. The maximum absolute atomic E-state index is 12.5. The van der Waals surface area contributed by atoms with E-state index in [1.54, 1.807) is 11.3 Å². The van der Waals surface area contributed by atoms with Crippen LogP contribution in [0.3, 0.4) is 0 Å². The molecule has 1 aromatic rings. The molecule has 5 nitrogen and oxygen atoms in total. The summed E-state index contributed by atoms with van der Waals surface area (Å²) in [4.78, 5) is 19.0. The SMILES string of the molecule is Cc1csc(C2CCN(C(=O)NCC(C)(C)C3=CCOCC3)C2)n1. The quantitative estimate of drug-likeness (QED) is 0.849. The first-order valence-electron chi connectivity index (χ1n) is 8.68. The second-order valence-electron chi connectivity index (χ2n) is 7.36. The van der Waals surface area contributed by atoms with Crippen molar-refractivity contribution in [2.75, 3.05) is 32.8 Å². The van der Waals surface area contributed by atoms with Crippen LogP contribution in [0.15, 0.2) is 17.0 Å². The highest BCUT2D eigenvalue weighted by atomic mass is 32.1. The number of aromatic nitrogens is 1. The standard InChI is InChI=1S/C18H27N3O2S/c1-13-11-24-16(20-13)14-4-7-21(10-14)17(22)19-12-18(2,3)15-5-8-23-9-6-15/h5,11,14H,4,6-10,12H2,1-3H3,(H,19,22). The molecule has 2 aliphatic rings. The molecule has 1 atom stereocenters. The van der Waals surface area contributed by atoms with Crippen LogP contribution in [0.25, 0.3) is 0 Å². The van der Waals surface area contributed by atoms with E-state index in [2.05, 4.69) is 35.6 Å². The third-order valence-corrected chi connectivity index (χ3v) is 6.10. The number of hydrogen-bond donors (Lipinski definition) is 1. The van der Waals surface area contributed by atoms with Crippen LogP contribution in [-0.4, -0.2) is 48.8 Å². The van der Waals surface area contributed by atoms with Crippen LogP contribution < -0.4 is 5.32 Å². The number of rotatable bonds is 4. The molecular formula is C18H27N3O2S. The van der Waals surface area contributed by atoms with Crippen molar-refractivity contribution in [1.82, 2.24) is 15.2 Å². The van der Waals surface area contributed by atoms with E-state index in [9.17, 15) is 4.79 Å². The van der Waals surface area contributed by atoms with Crippen molar-refractivity contribution in [3.8, 4) is 0 Å². The van der Waals surface area contributed by atoms with E-state index in [1.165, 1.54) is 5.57 Å². The molecule has 24 heavy (non-hydrogen) atoms. The number of nitrogens with zero attached hydrogens (tertiary/aromatic N) is 2. The number of likely N-dealkylation sites (tertiary alicyclic amines) is 1. The first kappa shape index (κ1) is 17.4. The van der Waals surface area contributed by atoms with Crippen LogP contribution in [0.2, 0.25) is 0 Å². The summed E-state index contributed by atoms with van der Waals surface area (Å²) < 4.78 is 5.38. The summed E-state index contributed by atoms with van der Waals surface area (Å²) in [6.07, 6.45) is 4.12. The van der Waals surface area contributed by atoms with E-state index >= 15 is 0 Å². The molecule has 132 valence electrons. The number of carbonyl (C=O) groups excluding carboxylic acids is 1. The average molecular weight is 350 g/mol. The molecule has 1 N–H and O–H groups in total. The summed E-state index contributed by atoms with van der Waals surface area (Å²) in [5, 5.41) is 6.38. The van der Waals surface area contributed by atoms with E-state index < -0.39 is 0 Å². The highest BCUT2D eigenvalue weighted by Crippen LogP contribution is 2.31. The average Bonchev–Trinajstić information content (AvgIpc) is 3.22. The van der Waals surface area contributed by atoms with Crippen molar-refractivity contribution in [2.45, 2.75) is 39.5 Å². The summed E-state index contributed by atoms with van der Waals surface area (Å²) in [5.74, 6) is 0.390. The van der Waals surface area contributed by atoms with Crippen molar-refractivity contribution in [3.63, 3.8) is 0 Å². The van der Waals surface area contributed by atoms with Crippen molar-refractivity contribution >= 4 is 17.4 Å². The van der Waals surface area contributed by atoms with Crippen molar-refractivity contribution in [2.24, 2.45) is 5.41 Å². The topological polar surface area (TPSA) is 54.5 Å². The molecule has 0 saturated carbocycles. The van der Waals surface area contributed by atoms with Crippen molar-refractivity contribution in [1.29, 1.82) is 0 Å². The molecule has 3 heterocycles. The minimum atomic E-state index is -0.0228. The molecule has 1 saturated heterocycles. The number of amides is 2. The first-order valence-corrected chi connectivity index (χ1v) is 9.56. The second kappa shape index (κ2) is 7.23. The lowest BCUT2D eigenvalue weighted by Crippen LogP contribution is -2.43. The van der Waals surface area contributed by atoms with Gasteiger partial charge in [-0.25, -0.2) is 9.78 Å². The molecule has 2 aliphatic heterocycles. The summed E-state index contributed by atoms with van der Waals surface area (Å²) in [6.45, 7) is 10.1. The molecule has 2 amide bonds. The number of ether oxygens (including phenoxy) is 1. The Morgan fingerprint density at radius 2 is 2.38 bits per heavy atom. The predicted octanol–water partition coefficient (Wildman–Crippen LogP) is 3.32. The molecule has 0 radical (unpaired) electrons. The van der Waals surface area contributed by atoms with Gasteiger partial charge >= 0.3 is 6.03 Å². The summed E-state index contributed by atoms with van der Waals surface area (Å²) >= 11 is 1.71. The molecule has 1 fully saturated rings. The minimum Gasteiger partial charge on any atom is -0.377 e. The number of urea groups is 1. The normalized spacial score (nSPS) is 21.7. The Morgan fingerprint density at radius 3 is 3.04 bits per heavy atom. The molecule has 3 rings (SSSR count). The molecule has 6 heteroatoms. The zero-order valence-corrected chi connectivity index (χ0v) is 15.6. The van der Waals surface area contributed by atoms with Gasteiger partial charge in [-0.15, -0.1) is 11.3 Å². The highest BCUT2D eigenvalue weighted by Gasteiger charge is 2.31. The minimum absolute atomic E-state index is 0.0228. The van der Waals surface area contributed by atoms with Gasteiger partial charge in [0.25, 0.3) is 0 Å². The Morgan fingerprint density at radius 1 is 1.54 bits per heavy atom. The largest absolute Gasteiger partial charge is 0.377 e. The van der Waals surface area contributed by atoms with Gasteiger partial charge in [0, 0.05) is 42.0 Å². The van der Waals surface area contributed by atoms with Gasteiger partial charge in [0.15, 0.2) is 0 Å². The lowest BCUT2D eigenvalue weighted by Gasteiger charge is -2.31. The Balaban J connectivity index is 1.51. The van der Waals surface area contributed by atoms with E-state index in [4.69, 9.17) is 4.74 Å². The van der Waals surface area contributed by atoms with E-state index in [1.807, 2.05) is 11.8 Å². The Kier molecular flexibility index (Phi) is 5.25. The van der Waals surface area contributed by atoms with Crippen molar-refractivity contribution < 1.29 is 9.53 Å². The van der Waals surface area contributed by atoms with Gasteiger partial charge in [0.2, 0.25) is 0 Å². The molecule has 0 spiro atoms. The van der Waals surface area contributed by atoms with Gasteiger partial charge in [0.05, 0.1) is 18.2 Å². The van der Waals surface area contributed by atoms with Crippen LogP contribution in [0.5, 0.6) is 0 Å². The lowest BCUT2D eigenvalue weighted by molar-refractivity contribution is 0.145. The fourth-order valence-electron chi connectivity index (χ4n) is 3.37. The van der Waals surface area contributed by atoms with E-state index in [0.717, 1.165) is 43.2 Å². The summed E-state index contributed by atoms with van der Waals surface area (Å²) in [5.41, 5.74) is 2.43. The molecule has 0 aromatic carbocycles. The third kappa shape index (κ3) is 3.98. The molecule has 1 unspecified atom stereocenters. The maximum Gasteiger partial charge on any atom is 0.317 e. The molecule has 0 aliphatic carbocycles. The van der Waals surface area contributed by atoms with E-state index in [0.29, 0.717) is 19.1 Å². The van der Waals surface area contributed by atoms with E-state index in [-0.39, 0.29) is 11.4 Å². The van der Waals surface area contributed by atoms with Crippen molar-refractivity contribution in [3.05, 3.63) is 27.7 Å². The smallest absolute Gasteiger partial charge is 0.317 e. The zero-order valence-electron chi connectivity index (χ0n) is 14.8. The monoisotopic (exact) mass is 349 g/mol. The Bertz CT molecular complexity index is 624. The lowest BCUT2D eigenvalue weighted by atomic mass is 9.81.